The number of nitrogens with zero attached hydrogens (tertiary/aromatic N) is 5. The van der Waals surface area contributed by atoms with Gasteiger partial charge in [0.1, 0.15) is 11.8 Å². The van der Waals surface area contributed by atoms with Crippen LogP contribution in [0.4, 0.5) is 5.82 Å². The summed E-state index contributed by atoms with van der Waals surface area (Å²) in [5.41, 5.74) is 1.35. The molecule has 4 aromatic rings. The topological polar surface area (TPSA) is 149 Å². The summed E-state index contributed by atoms with van der Waals surface area (Å²) in [4.78, 5) is 16.7. The van der Waals surface area contributed by atoms with Crippen molar-refractivity contribution in [2.24, 2.45) is 0 Å². The van der Waals surface area contributed by atoms with Crippen molar-refractivity contribution >= 4 is 15.8 Å². The lowest BCUT2D eigenvalue weighted by Gasteiger charge is -2.17. The largest absolute Gasteiger partial charge is 0.493 e. The number of nitrogens with one attached hydrogen (secondary N) is 1. The minimum absolute atomic E-state index is 0.0595. The van der Waals surface area contributed by atoms with Crippen molar-refractivity contribution in [1.82, 2.24) is 19.9 Å². The molecule has 11 nitrogen and oxygen atoms in total. The molecule has 0 fully saturated rings. The molecule has 0 amide bonds. The molecule has 36 heavy (non-hydrogen) atoms. The maximum Gasteiger partial charge on any atom is 0.280 e. The Labute approximate surface area is 207 Å². The SMILES string of the molecule is COc1ccccc1Oc1c(NS(=O)(=O)c2ccc(C)cn2)nc(-c2ccnc(C#N)c2)nc1OC. The lowest BCUT2D eigenvalue weighted by atomic mass is 10.2. The van der Waals surface area contributed by atoms with Gasteiger partial charge in [-0.25, -0.2) is 15.0 Å². The average Bonchev–Trinajstić information content (AvgIpc) is 2.89. The van der Waals surface area contributed by atoms with Gasteiger partial charge in [0.15, 0.2) is 28.2 Å². The fourth-order valence-corrected chi connectivity index (χ4v) is 4.03. The van der Waals surface area contributed by atoms with Gasteiger partial charge in [-0.15, -0.1) is 0 Å². The number of pyridine rings is 2. The van der Waals surface area contributed by atoms with Gasteiger partial charge in [-0.05, 0) is 42.8 Å². The summed E-state index contributed by atoms with van der Waals surface area (Å²) >= 11 is 0. The highest BCUT2D eigenvalue weighted by Crippen LogP contribution is 2.41. The molecular formula is C24H20N6O5S. The van der Waals surface area contributed by atoms with Crippen LogP contribution in [-0.4, -0.2) is 42.6 Å². The van der Waals surface area contributed by atoms with Crippen LogP contribution >= 0.6 is 0 Å². The zero-order valence-corrected chi connectivity index (χ0v) is 20.3. The third-order valence-electron chi connectivity index (χ3n) is 4.83. The Hall–Kier alpha value is -4.76. The Morgan fingerprint density at radius 2 is 1.75 bits per heavy atom. The van der Waals surface area contributed by atoms with Crippen molar-refractivity contribution < 1.29 is 22.6 Å². The number of nitriles is 1. The summed E-state index contributed by atoms with van der Waals surface area (Å²) in [6.45, 7) is 1.79. The van der Waals surface area contributed by atoms with E-state index in [1.807, 2.05) is 6.07 Å². The average molecular weight is 505 g/mol. The van der Waals surface area contributed by atoms with Crippen molar-refractivity contribution in [3.05, 3.63) is 72.2 Å². The first-order valence-electron chi connectivity index (χ1n) is 10.4. The van der Waals surface area contributed by atoms with Gasteiger partial charge in [0, 0.05) is 18.0 Å². The van der Waals surface area contributed by atoms with Gasteiger partial charge in [-0.2, -0.15) is 18.7 Å². The van der Waals surface area contributed by atoms with Crippen LogP contribution in [0.2, 0.25) is 0 Å². The fourth-order valence-electron chi connectivity index (χ4n) is 3.10. The van der Waals surface area contributed by atoms with E-state index in [0.29, 0.717) is 11.3 Å². The Kier molecular flexibility index (Phi) is 6.93. The number of anilines is 1. The number of aromatic nitrogens is 4. The predicted molar refractivity (Wildman–Crippen MR) is 129 cm³/mol. The summed E-state index contributed by atoms with van der Waals surface area (Å²) < 4.78 is 45.6. The Balaban J connectivity index is 1.88. The summed E-state index contributed by atoms with van der Waals surface area (Å²) in [5.74, 6) is 0.379. The van der Waals surface area contributed by atoms with Crippen molar-refractivity contribution in [2.45, 2.75) is 11.9 Å². The molecule has 0 aliphatic rings. The summed E-state index contributed by atoms with van der Waals surface area (Å²) in [6.07, 6.45) is 2.86. The van der Waals surface area contributed by atoms with Crippen molar-refractivity contribution in [1.29, 1.82) is 5.26 Å². The molecule has 0 atom stereocenters. The van der Waals surface area contributed by atoms with Gasteiger partial charge in [0.05, 0.1) is 14.2 Å². The maximum absolute atomic E-state index is 13.2. The second kappa shape index (κ2) is 10.2. The number of rotatable bonds is 8. The molecule has 0 saturated carbocycles. The fraction of sp³-hybridized carbons (Fsp3) is 0.125. The Bertz CT molecular complexity index is 1550. The van der Waals surface area contributed by atoms with Crippen LogP contribution in [0.5, 0.6) is 23.1 Å². The molecular weight excluding hydrogens is 484 g/mol. The first-order valence-corrected chi connectivity index (χ1v) is 11.9. The standard InChI is InChI=1S/C24H20N6O5S/c1-15-8-9-20(27-14-15)36(31,32)30-23-21(35-19-7-5-4-6-18(19)33-2)24(34-3)29-22(28-23)16-10-11-26-17(12-16)13-25/h4-12,14H,1-3H3,(H,28,29,30). The van der Waals surface area contributed by atoms with Crippen LogP contribution < -0.4 is 18.9 Å². The lowest BCUT2D eigenvalue weighted by molar-refractivity contribution is 0.348. The molecule has 3 heterocycles. The number of para-hydroxylation sites is 2. The molecule has 0 bridgehead atoms. The van der Waals surface area contributed by atoms with E-state index in [2.05, 4.69) is 24.7 Å². The minimum Gasteiger partial charge on any atom is -0.493 e. The van der Waals surface area contributed by atoms with E-state index in [-0.39, 0.29) is 39.7 Å². The highest BCUT2D eigenvalue weighted by molar-refractivity contribution is 7.92. The first kappa shape index (κ1) is 24.4. The Morgan fingerprint density at radius 3 is 2.42 bits per heavy atom. The molecule has 0 spiro atoms. The molecule has 182 valence electrons. The zero-order valence-electron chi connectivity index (χ0n) is 19.5. The molecule has 1 aromatic carbocycles. The van der Waals surface area contributed by atoms with E-state index in [1.165, 1.54) is 38.7 Å². The smallest absolute Gasteiger partial charge is 0.280 e. The van der Waals surface area contributed by atoms with Gasteiger partial charge in [-0.1, -0.05) is 18.2 Å². The number of sulfonamides is 1. The molecule has 0 unspecified atom stereocenters. The van der Waals surface area contributed by atoms with E-state index >= 15 is 0 Å². The van der Waals surface area contributed by atoms with Crippen molar-refractivity contribution in [3.63, 3.8) is 0 Å². The number of aryl methyl sites for hydroxylation is 1. The number of methoxy groups -OCH3 is 2. The molecule has 1 N–H and O–H groups in total. The number of hydrogen-bond donors (Lipinski definition) is 1. The van der Waals surface area contributed by atoms with E-state index in [0.717, 1.165) is 5.56 Å². The van der Waals surface area contributed by atoms with Crippen LogP contribution in [0.1, 0.15) is 11.3 Å². The van der Waals surface area contributed by atoms with Gasteiger partial charge in [0.2, 0.25) is 5.75 Å². The Morgan fingerprint density at radius 1 is 0.972 bits per heavy atom. The molecule has 4 rings (SSSR count). The third kappa shape index (κ3) is 5.16. The van der Waals surface area contributed by atoms with Crippen LogP contribution in [-0.2, 0) is 10.0 Å². The summed E-state index contributed by atoms with van der Waals surface area (Å²) in [5, 5.41) is 9.00. The van der Waals surface area contributed by atoms with E-state index < -0.39 is 10.0 Å². The summed E-state index contributed by atoms with van der Waals surface area (Å²) in [7, 11) is -1.35. The van der Waals surface area contributed by atoms with Crippen LogP contribution in [0, 0.1) is 18.3 Å². The van der Waals surface area contributed by atoms with E-state index in [4.69, 9.17) is 14.2 Å². The van der Waals surface area contributed by atoms with Crippen LogP contribution in [0.25, 0.3) is 11.4 Å². The lowest BCUT2D eigenvalue weighted by Crippen LogP contribution is -2.17. The normalized spacial score (nSPS) is 10.8. The second-order valence-corrected chi connectivity index (χ2v) is 8.94. The maximum atomic E-state index is 13.2. The molecule has 3 aromatic heterocycles. The van der Waals surface area contributed by atoms with Crippen LogP contribution in [0.15, 0.2) is 66.0 Å². The highest BCUT2D eigenvalue weighted by Gasteiger charge is 2.25. The molecule has 12 heteroatoms. The highest BCUT2D eigenvalue weighted by atomic mass is 32.2. The molecule has 0 radical (unpaired) electrons. The van der Waals surface area contributed by atoms with Crippen molar-refractivity contribution in [2.75, 3.05) is 18.9 Å². The van der Waals surface area contributed by atoms with Gasteiger partial charge < -0.3 is 14.2 Å². The number of hydrogen-bond acceptors (Lipinski definition) is 10. The first-order chi connectivity index (χ1) is 17.3. The summed E-state index contributed by atoms with van der Waals surface area (Å²) in [6, 6.07) is 14.8. The predicted octanol–water partition coefficient (Wildman–Crippen LogP) is 3.72. The van der Waals surface area contributed by atoms with E-state index in [9.17, 15) is 13.7 Å². The zero-order chi connectivity index (χ0) is 25.7. The van der Waals surface area contributed by atoms with E-state index in [1.54, 1.807) is 43.3 Å². The van der Waals surface area contributed by atoms with Crippen LogP contribution in [0.3, 0.4) is 0 Å². The molecule has 0 aliphatic carbocycles. The van der Waals surface area contributed by atoms with Gasteiger partial charge in [-0.3, -0.25) is 4.72 Å². The number of benzene rings is 1. The van der Waals surface area contributed by atoms with Crippen molar-refractivity contribution in [3.8, 4) is 40.6 Å². The molecule has 0 aliphatic heterocycles. The minimum atomic E-state index is -4.18. The van der Waals surface area contributed by atoms with Gasteiger partial charge in [0.25, 0.3) is 15.9 Å². The quantitative estimate of drug-likeness (QED) is 0.376. The monoisotopic (exact) mass is 504 g/mol. The molecule has 0 saturated heterocycles. The third-order valence-corrected chi connectivity index (χ3v) is 6.09. The number of ether oxygens (including phenoxy) is 3. The second-order valence-electron chi connectivity index (χ2n) is 7.31. The van der Waals surface area contributed by atoms with Gasteiger partial charge >= 0.3 is 0 Å².